The lowest BCUT2D eigenvalue weighted by Crippen LogP contribution is -2.59. The number of hydrogen-bond donors (Lipinski definition) is 5. The molecule has 1 saturated heterocycles. The van der Waals surface area contributed by atoms with Crippen molar-refractivity contribution in [1.29, 1.82) is 0 Å². The molecule has 3 rings (SSSR count). The van der Waals surface area contributed by atoms with Crippen molar-refractivity contribution < 1.29 is 43.7 Å². The van der Waals surface area contributed by atoms with Crippen LogP contribution in [0.1, 0.15) is 39.2 Å². The van der Waals surface area contributed by atoms with E-state index < -0.39 is 72.2 Å². The van der Waals surface area contributed by atoms with Crippen LogP contribution in [0.4, 0.5) is 0 Å². The molecule has 1 aliphatic heterocycles. The van der Waals surface area contributed by atoms with Gasteiger partial charge in [-0.25, -0.2) is 0 Å². The van der Waals surface area contributed by atoms with E-state index in [4.69, 9.17) is 9.84 Å². The van der Waals surface area contributed by atoms with E-state index in [1.165, 1.54) is 24.0 Å². The highest BCUT2D eigenvalue weighted by Gasteiger charge is 2.44. The Morgan fingerprint density at radius 1 is 1.00 bits per heavy atom. The SMILES string of the molecule is CC(=O)N[C@@H](Cc1ccc(O)cc1)C(=O)N[C@H](C(=O)N1CC(Oc2ccccc2)C[C@H]1C(=O)NC(C=O)CC(=O)O)C(C)C. The second-order valence-corrected chi connectivity index (χ2v) is 11.0. The number of benzene rings is 2. The van der Waals surface area contributed by atoms with Crippen molar-refractivity contribution in [2.24, 2.45) is 5.92 Å². The van der Waals surface area contributed by atoms with Gasteiger partial charge < -0.3 is 40.6 Å². The second kappa shape index (κ2) is 15.5. The van der Waals surface area contributed by atoms with Crippen molar-refractivity contribution in [3.8, 4) is 11.5 Å². The van der Waals surface area contributed by atoms with Gasteiger partial charge in [-0.05, 0) is 35.7 Å². The minimum absolute atomic E-state index is 0.0157. The summed E-state index contributed by atoms with van der Waals surface area (Å²) in [5.41, 5.74) is 0.660. The van der Waals surface area contributed by atoms with Gasteiger partial charge in [-0.3, -0.25) is 24.0 Å². The van der Waals surface area contributed by atoms with Crippen LogP contribution >= 0.6 is 0 Å². The highest BCUT2D eigenvalue weighted by atomic mass is 16.5. The molecule has 1 aliphatic rings. The third-order valence-electron chi connectivity index (χ3n) is 7.08. The zero-order valence-electron chi connectivity index (χ0n) is 24.8. The van der Waals surface area contributed by atoms with Gasteiger partial charge in [0.15, 0.2) is 0 Å². The van der Waals surface area contributed by atoms with Gasteiger partial charge in [-0.15, -0.1) is 0 Å². The van der Waals surface area contributed by atoms with Gasteiger partial charge in [0.05, 0.1) is 19.0 Å². The summed E-state index contributed by atoms with van der Waals surface area (Å²) in [5.74, 6) is -3.56. The molecule has 0 spiro atoms. The maximum Gasteiger partial charge on any atom is 0.305 e. The van der Waals surface area contributed by atoms with E-state index >= 15 is 0 Å². The number of amides is 4. The molecule has 5 N–H and O–H groups in total. The van der Waals surface area contributed by atoms with E-state index in [2.05, 4.69) is 16.0 Å². The Bertz CT molecular complexity index is 1330. The molecule has 0 aromatic heterocycles. The fraction of sp³-hybridized carbons (Fsp3) is 0.419. The molecule has 1 heterocycles. The summed E-state index contributed by atoms with van der Waals surface area (Å²) in [6.07, 6.45) is -0.784. The van der Waals surface area contributed by atoms with Crippen molar-refractivity contribution in [2.75, 3.05) is 6.54 Å². The summed E-state index contributed by atoms with van der Waals surface area (Å²) in [4.78, 5) is 76.6. The van der Waals surface area contributed by atoms with E-state index in [0.29, 0.717) is 17.6 Å². The average molecular weight is 611 g/mol. The quantitative estimate of drug-likeness (QED) is 0.192. The van der Waals surface area contributed by atoms with Crippen molar-refractivity contribution in [1.82, 2.24) is 20.9 Å². The number of likely N-dealkylation sites (tertiary alicyclic amines) is 1. The molecular formula is C31H38N4O9. The number of phenolic OH excluding ortho intramolecular Hbond substituents is 1. The number of nitrogens with zero attached hydrogens (tertiary/aromatic N) is 1. The first-order valence-electron chi connectivity index (χ1n) is 14.2. The molecule has 2 unspecified atom stereocenters. The molecule has 0 saturated carbocycles. The predicted octanol–water partition coefficient (Wildman–Crippen LogP) is 0.787. The molecule has 13 heteroatoms. The van der Waals surface area contributed by atoms with E-state index in [9.17, 15) is 33.9 Å². The maximum atomic E-state index is 14.0. The molecule has 5 atom stereocenters. The minimum atomic E-state index is -1.30. The Balaban J connectivity index is 1.84. The Morgan fingerprint density at radius 3 is 2.23 bits per heavy atom. The molecule has 2 aromatic carbocycles. The maximum absolute atomic E-state index is 14.0. The normalized spacial score (nSPS) is 18.0. The van der Waals surface area contributed by atoms with Crippen LogP contribution in [0.5, 0.6) is 11.5 Å². The number of rotatable bonds is 14. The van der Waals surface area contributed by atoms with Gasteiger partial charge in [0.1, 0.15) is 42.0 Å². The molecular weight excluding hydrogens is 572 g/mol. The number of phenols is 1. The summed E-state index contributed by atoms with van der Waals surface area (Å²) < 4.78 is 6.02. The molecule has 44 heavy (non-hydrogen) atoms. The van der Waals surface area contributed by atoms with E-state index in [0.717, 1.165) is 0 Å². The number of hydrogen-bond acceptors (Lipinski definition) is 8. The number of aliphatic carboxylic acids is 1. The summed E-state index contributed by atoms with van der Waals surface area (Å²) in [5, 5.41) is 26.4. The minimum Gasteiger partial charge on any atom is -0.508 e. The zero-order valence-corrected chi connectivity index (χ0v) is 24.8. The van der Waals surface area contributed by atoms with Crippen molar-refractivity contribution in [2.45, 2.75) is 70.3 Å². The molecule has 1 fully saturated rings. The highest BCUT2D eigenvalue weighted by Crippen LogP contribution is 2.25. The first kappa shape index (κ1) is 33.6. The standard InChI is InChI=1S/C31H38N4O9/c1-18(2)28(34-29(41)25(32-19(3)37)13-20-9-11-22(38)12-10-20)31(43)35-16-24(44-23-7-5-4-6-8-23)15-26(35)30(42)33-21(17-36)14-27(39)40/h4-12,17-18,21,24-26,28,38H,13-16H2,1-3H3,(H,32,37)(H,33,42)(H,34,41)(H,39,40)/t21?,24?,25-,26-,28-/m0/s1. The number of nitrogens with one attached hydrogen (secondary N) is 3. The van der Waals surface area contributed by atoms with Gasteiger partial charge in [0, 0.05) is 19.8 Å². The lowest BCUT2D eigenvalue weighted by molar-refractivity contribution is -0.143. The fourth-order valence-electron chi connectivity index (χ4n) is 4.94. The van der Waals surface area contributed by atoms with Crippen LogP contribution in [-0.4, -0.2) is 87.8 Å². The van der Waals surface area contributed by atoms with Gasteiger partial charge in [-0.2, -0.15) is 0 Å². The molecule has 0 radical (unpaired) electrons. The third-order valence-corrected chi connectivity index (χ3v) is 7.08. The van der Waals surface area contributed by atoms with Crippen molar-refractivity contribution in [3.63, 3.8) is 0 Å². The van der Waals surface area contributed by atoms with E-state index in [-0.39, 0.29) is 25.1 Å². The van der Waals surface area contributed by atoms with E-state index in [1.54, 1.807) is 56.3 Å². The summed E-state index contributed by atoms with van der Waals surface area (Å²) in [6.45, 7) is 4.68. The molecule has 2 aromatic rings. The number of carbonyl (C=O) groups excluding carboxylic acids is 5. The van der Waals surface area contributed by atoms with Crippen LogP contribution in [0, 0.1) is 5.92 Å². The number of carboxylic acid groups (broad SMARTS) is 1. The van der Waals surface area contributed by atoms with Gasteiger partial charge in [0.25, 0.3) is 0 Å². The Kier molecular flexibility index (Phi) is 11.8. The van der Waals surface area contributed by atoms with Crippen LogP contribution in [0.25, 0.3) is 0 Å². The number of aromatic hydroxyl groups is 1. The van der Waals surface area contributed by atoms with Crippen molar-refractivity contribution >= 4 is 35.9 Å². The topological polar surface area (TPSA) is 191 Å². The van der Waals surface area contributed by atoms with Gasteiger partial charge >= 0.3 is 5.97 Å². The van der Waals surface area contributed by atoms with Crippen LogP contribution in [0.3, 0.4) is 0 Å². The molecule has 0 bridgehead atoms. The Morgan fingerprint density at radius 2 is 1.66 bits per heavy atom. The van der Waals surface area contributed by atoms with Gasteiger partial charge in [0.2, 0.25) is 23.6 Å². The predicted molar refractivity (Wildman–Crippen MR) is 157 cm³/mol. The second-order valence-electron chi connectivity index (χ2n) is 11.0. The third kappa shape index (κ3) is 9.54. The van der Waals surface area contributed by atoms with Crippen LogP contribution in [0.15, 0.2) is 54.6 Å². The highest BCUT2D eigenvalue weighted by molar-refractivity contribution is 5.95. The summed E-state index contributed by atoms with van der Waals surface area (Å²) in [7, 11) is 0. The lowest BCUT2D eigenvalue weighted by Gasteiger charge is -2.31. The largest absolute Gasteiger partial charge is 0.508 e. The van der Waals surface area contributed by atoms with Gasteiger partial charge in [-0.1, -0.05) is 44.2 Å². The van der Waals surface area contributed by atoms with E-state index in [1.807, 2.05) is 0 Å². The number of aldehydes is 1. The molecule has 13 nitrogen and oxygen atoms in total. The van der Waals surface area contributed by atoms with Crippen LogP contribution in [0.2, 0.25) is 0 Å². The first-order valence-corrected chi connectivity index (χ1v) is 14.2. The Labute approximate surface area is 254 Å². The summed E-state index contributed by atoms with van der Waals surface area (Å²) >= 11 is 0. The van der Waals surface area contributed by atoms with Crippen LogP contribution in [-0.2, 0) is 35.2 Å². The fourth-order valence-corrected chi connectivity index (χ4v) is 4.94. The lowest BCUT2D eigenvalue weighted by atomic mass is 10.00. The number of carboxylic acids is 1. The number of carbonyl (C=O) groups is 6. The molecule has 236 valence electrons. The zero-order chi connectivity index (χ0) is 32.4. The smallest absolute Gasteiger partial charge is 0.305 e. The summed E-state index contributed by atoms with van der Waals surface area (Å²) in [6, 6.07) is 10.4. The number of ether oxygens (including phenoxy) is 1. The molecule has 0 aliphatic carbocycles. The first-order chi connectivity index (χ1) is 20.9. The monoisotopic (exact) mass is 610 g/mol. The van der Waals surface area contributed by atoms with Crippen LogP contribution < -0.4 is 20.7 Å². The number of para-hydroxylation sites is 1. The average Bonchev–Trinajstić information content (AvgIpc) is 3.39. The Hall–Kier alpha value is -4.94. The molecule has 4 amide bonds. The van der Waals surface area contributed by atoms with Crippen molar-refractivity contribution in [3.05, 3.63) is 60.2 Å².